The number of carboxylic acid groups (broad SMARTS) is 1. The SMILES string of the molecule is O=C(O)C(=O)c1ccccc1C(=O)NO. The normalized spacial score (nSPS) is 9.40. The Labute approximate surface area is 84.1 Å². The smallest absolute Gasteiger partial charge is 0.377 e. The molecule has 0 saturated carbocycles. The van der Waals surface area contributed by atoms with Crippen LogP contribution in [0.2, 0.25) is 0 Å². The quantitative estimate of drug-likeness (QED) is 0.283. The van der Waals surface area contributed by atoms with Gasteiger partial charge in [-0.05, 0) is 12.1 Å². The van der Waals surface area contributed by atoms with Crippen molar-refractivity contribution in [1.29, 1.82) is 0 Å². The molecule has 0 heterocycles. The summed E-state index contributed by atoms with van der Waals surface area (Å²) in [5.41, 5.74) is 0.877. The molecule has 1 amide bonds. The molecule has 3 N–H and O–H groups in total. The van der Waals surface area contributed by atoms with Crippen molar-refractivity contribution in [1.82, 2.24) is 5.48 Å². The highest BCUT2D eigenvalue weighted by Gasteiger charge is 2.21. The number of ketones is 1. The van der Waals surface area contributed by atoms with Crippen molar-refractivity contribution < 1.29 is 24.7 Å². The first kappa shape index (κ1) is 10.9. The molecule has 0 radical (unpaired) electrons. The average Bonchev–Trinajstić information content (AvgIpc) is 2.27. The van der Waals surface area contributed by atoms with Gasteiger partial charge in [-0.1, -0.05) is 12.1 Å². The lowest BCUT2D eigenvalue weighted by atomic mass is 10.0. The number of carbonyl (C=O) groups excluding carboxylic acids is 2. The van der Waals surface area contributed by atoms with Gasteiger partial charge in [0.25, 0.3) is 11.7 Å². The predicted octanol–water partition coefficient (Wildman–Crippen LogP) is 0.0729. The third-order valence-corrected chi connectivity index (χ3v) is 1.71. The van der Waals surface area contributed by atoms with Crippen LogP contribution in [-0.4, -0.2) is 28.0 Å². The number of nitrogens with one attached hydrogen (secondary N) is 1. The average molecular weight is 209 g/mol. The number of carboxylic acids is 1. The first-order valence-corrected chi connectivity index (χ1v) is 3.89. The van der Waals surface area contributed by atoms with Crippen LogP contribution >= 0.6 is 0 Å². The molecule has 1 rings (SSSR count). The van der Waals surface area contributed by atoms with Crippen LogP contribution in [-0.2, 0) is 4.79 Å². The molecule has 0 spiro atoms. The molecule has 0 aliphatic rings. The molecular weight excluding hydrogens is 202 g/mol. The summed E-state index contributed by atoms with van der Waals surface area (Å²) in [5, 5.41) is 16.8. The minimum absolute atomic E-state index is 0.188. The van der Waals surface area contributed by atoms with Gasteiger partial charge in [-0.15, -0.1) is 0 Å². The zero-order chi connectivity index (χ0) is 11.4. The van der Waals surface area contributed by atoms with Gasteiger partial charge in [0.2, 0.25) is 0 Å². The van der Waals surface area contributed by atoms with Crippen molar-refractivity contribution in [2.24, 2.45) is 0 Å². The summed E-state index contributed by atoms with van der Waals surface area (Å²) in [6, 6.07) is 5.30. The Bertz CT molecular complexity index is 426. The van der Waals surface area contributed by atoms with Crippen molar-refractivity contribution in [3.05, 3.63) is 35.4 Å². The van der Waals surface area contributed by atoms with Gasteiger partial charge < -0.3 is 5.11 Å². The second-order valence-corrected chi connectivity index (χ2v) is 2.62. The Morgan fingerprint density at radius 3 is 2.07 bits per heavy atom. The number of hydrogen-bond donors (Lipinski definition) is 3. The third kappa shape index (κ3) is 2.18. The number of hydroxylamine groups is 1. The number of amides is 1. The van der Waals surface area contributed by atoms with Crippen LogP contribution in [0.25, 0.3) is 0 Å². The van der Waals surface area contributed by atoms with Gasteiger partial charge in [-0.25, -0.2) is 10.3 Å². The van der Waals surface area contributed by atoms with E-state index in [9.17, 15) is 14.4 Å². The van der Waals surface area contributed by atoms with Gasteiger partial charge in [0.1, 0.15) is 0 Å². The Morgan fingerprint density at radius 1 is 1.07 bits per heavy atom. The Hall–Kier alpha value is -2.21. The lowest BCUT2D eigenvalue weighted by Gasteiger charge is -2.03. The molecule has 6 heteroatoms. The highest BCUT2D eigenvalue weighted by atomic mass is 16.5. The summed E-state index contributed by atoms with van der Waals surface area (Å²) < 4.78 is 0. The fourth-order valence-electron chi connectivity index (χ4n) is 1.05. The van der Waals surface area contributed by atoms with E-state index in [4.69, 9.17) is 10.3 Å². The molecule has 0 unspecified atom stereocenters. The molecule has 1 aromatic rings. The zero-order valence-electron chi connectivity index (χ0n) is 7.43. The van der Waals surface area contributed by atoms with E-state index in [0.717, 1.165) is 0 Å². The second-order valence-electron chi connectivity index (χ2n) is 2.62. The number of aliphatic carboxylic acids is 1. The van der Waals surface area contributed by atoms with Crippen molar-refractivity contribution in [3.63, 3.8) is 0 Å². The Balaban J connectivity index is 3.23. The van der Waals surface area contributed by atoms with Gasteiger partial charge in [-0.2, -0.15) is 0 Å². The molecule has 6 nitrogen and oxygen atoms in total. The summed E-state index contributed by atoms with van der Waals surface area (Å²) in [4.78, 5) is 32.6. The standard InChI is InChI=1S/C9H7NO5/c11-7(9(13)14)5-3-1-2-4-6(5)8(12)10-15/h1-4,15H,(H,10,12)(H,13,14). The maximum absolute atomic E-state index is 11.1. The minimum Gasteiger partial charge on any atom is -0.475 e. The number of rotatable bonds is 3. The first-order chi connectivity index (χ1) is 7.07. The largest absolute Gasteiger partial charge is 0.475 e. The van der Waals surface area contributed by atoms with Crippen molar-refractivity contribution >= 4 is 17.7 Å². The van der Waals surface area contributed by atoms with Crippen molar-refractivity contribution in [2.45, 2.75) is 0 Å². The monoisotopic (exact) mass is 209 g/mol. The summed E-state index contributed by atoms with van der Waals surface area (Å²) in [7, 11) is 0. The zero-order valence-corrected chi connectivity index (χ0v) is 7.43. The number of benzene rings is 1. The molecule has 1 aromatic carbocycles. The van der Waals surface area contributed by atoms with Crippen LogP contribution in [0.4, 0.5) is 0 Å². The van der Waals surface area contributed by atoms with E-state index >= 15 is 0 Å². The maximum Gasteiger partial charge on any atom is 0.377 e. The van der Waals surface area contributed by atoms with Crippen LogP contribution in [0.15, 0.2) is 24.3 Å². The van der Waals surface area contributed by atoms with E-state index < -0.39 is 17.7 Å². The molecular formula is C9H7NO5. The van der Waals surface area contributed by atoms with Crippen molar-refractivity contribution in [2.75, 3.05) is 0 Å². The van der Waals surface area contributed by atoms with Gasteiger partial charge in [0, 0.05) is 5.56 Å². The first-order valence-electron chi connectivity index (χ1n) is 3.89. The topological polar surface area (TPSA) is 104 Å². The lowest BCUT2D eigenvalue weighted by Crippen LogP contribution is -2.23. The summed E-state index contributed by atoms with van der Waals surface area (Å²) in [5.74, 6) is -3.79. The van der Waals surface area contributed by atoms with E-state index in [1.165, 1.54) is 29.7 Å². The molecule has 0 bridgehead atoms. The predicted molar refractivity (Wildman–Crippen MR) is 47.7 cm³/mol. The molecule has 0 aliphatic heterocycles. The number of hydrogen-bond acceptors (Lipinski definition) is 4. The summed E-state index contributed by atoms with van der Waals surface area (Å²) in [6.45, 7) is 0. The van der Waals surface area contributed by atoms with Crippen LogP contribution in [0.3, 0.4) is 0 Å². The summed E-state index contributed by atoms with van der Waals surface area (Å²) in [6.07, 6.45) is 0. The van der Waals surface area contributed by atoms with E-state index in [-0.39, 0.29) is 11.1 Å². The Morgan fingerprint density at radius 2 is 1.60 bits per heavy atom. The molecule has 0 aliphatic carbocycles. The van der Waals surface area contributed by atoms with Crippen LogP contribution < -0.4 is 5.48 Å². The van der Waals surface area contributed by atoms with E-state index in [1.54, 1.807) is 0 Å². The van der Waals surface area contributed by atoms with E-state index in [2.05, 4.69) is 0 Å². The van der Waals surface area contributed by atoms with E-state index in [0.29, 0.717) is 0 Å². The molecule has 15 heavy (non-hydrogen) atoms. The molecule has 0 atom stereocenters. The highest BCUT2D eigenvalue weighted by molar-refractivity contribution is 6.41. The van der Waals surface area contributed by atoms with Gasteiger partial charge in [0.15, 0.2) is 0 Å². The van der Waals surface area contributed by atoms with Gasteiger partial charge in [-0.3, -0.25) is 14.8 Å². The van der Waals surface area contributed by atoms with Crippen molar-refractivity contribution in [3.8, 4) is 0 Å². The molecule has 0 saturated heterocycles. The third-order valence-electron chi connectivity index (χ3n) is 1.71. The van der Waals surface area contributed by atoms with Crippen LogP contribution in [0.1, 0.15) is 20.7 Å². The molecule has 0 fully saturated rings. The lowest BCUT2D eigenvalue weighted by molar-refractivity contribution is -0.131. The fraction of sp³-hybridized carbons (Fsp3) is 0. The maximum atomic E-state index is 11.1. The van der Waals surface area contributed by atoms with Gasteiger partial charge >= 0.3 is 5.97 Å². The van der Waals surface area contributed by atoms with E-state index in [1.807, 2.05) is 0 Å². The second kappa shape index (κ2) is 4.34. The number of carbonyl (C=O) groups is 3. The Kier molecular flexibility index (Phi) is 3.14. The fourth-order valence-corrected chi connectivity index (χ4v) is 1.05. The highest BCUT2D eigenvalue weighted by Crippen LogP contribution is 2.09. The van der Waals surface area contributed by atoms with Gasteiger partial charge in [0.05, 0.1) is 5.56 Å². The molecule has 0 aromatic heterocycles. The van der Waals surface area contributed by atoms with Crippen LogP contribution in [0, 0.1) is 0 Å². The minimum atomic E-state index is -1.66. The number of Topliss-reactive ketones (excluding diaryl/α,β-unsaturated/α-hetero) is 1. The summed E-state index contributed by atoms with van der Waals surface area (Å²) >= 11 is 0. The van der Waals surface area contributed by atoms with Crippen LogP contribution in [0.5, 0.6) is 0 Å². The molecule has 78 valence electrons.